The number of hydrogen-bond donors (Lipinski definition) is 1. The van der Waals surface area contributed by atoms with Crippen LogP contribution in [0.5, 0.6) is 0 Å². The minimum Gasteiger partial charge on any atom is -0.380 e. The van der Waals surface area contributed by atoms with Crippen molar-refractivity contribution in [3.05, 3.63) is 47.5 Å². The van der Waals surface area contributed by atoms with Gasteiger partial charge in [0.15, 0.2) is 0 Å². The van der Waals surface area contributed by atoms with E-state index in [0.29, 0.717) is 11.6 Å². The quantitative estimate of drug-likeness (QED) is 0.782. The van der Waals surface area contributed by atoms with Gasteiger partial charge in [0.2, 0.25) is 0 Å². The number of halogens is 1. The maximum Gasteiger partial charge on any atom is 0.143 e. The summed E-state index contributed by atoms with van der Waals surface area (Å²) in [5.74, 6) is 0. The molecule has 1 N–H and O–H groups in total. The first-order valence-electron chi connectivity index (χ1n) is 6.54. The van der Waals surface area contributed by atoms with Crippen molar-refractivity contribution in [1.29, 1.82) is 0 Å². The van der Waals surface area contributed by atoms with Crippen molar-refractivity contribution in [1.82, 2.24) is 30.0 Å². The highest BCUT2D eigenvalue weighted by Gasteiger charge is 2.05. The second kappa shape index (κ2) is 5.92. The molecule has 1 aromatic carbocycles. The molecule has 0 saturated heterocycles. The summed E-state index contributed by atoms with van der Waals surface area (Å²) in [6, 6.07) is 5.58. The lowest BCUT2D eigenvalue weighted by molar-refractivity contribution is 0.659. The number of hydrogen-bond acceptors (Lipinski definition) is 5. The summed E-state index contributed by atoms with van der Waals surface area (Å²) in [4.78, 5) is 0. The van der Waals surface area contributed by atoms with E-state index in [2.05, 4.69) is 32.9 Å². The van der Waals surface area contributed by atoms with Gasteiger partial charge in [0, 0.05) is 24.8 Å². The number of anilines is 1. The second-order valence-corrected chi connectivity index (χ2v) is 4.88. The molecule has 0 fully saturated rings. The lowest BCUT2D eigenvalue weighted by atomic mass is 10.2. The number of benzene rings is 1. The standard InChI is InChI=1S/C13H14ClN7/c1-2-20-8-10(7-17-20)6-15-13-5-11(3-4-12(13)14)21-9-16-18-19-21/h3-5,7-9,15H,2,6H2,1H3. The van der Waals surface area contributed by atoms with Crippen LogP contribution in [0.3, 0.4) is 0 Å². The third-order valence-electron chi connectivity index (χ3n) is 3.06. The summed E-state index contributed by atoms with van der Waals surface area (Å²) in [7, 11) is 0. The van der Waals surface area contributed by atoms with Crippen LogP contribution in [0, 0.1) is 0 Å². The van der Waals surface area contributed by atoms with Crippen molar-refractivity contribution >= 4 is 17.3 Å². The molecule has 0 saturated carbocycles. The Labute approximate surface area is 126 Å². The average Bonchev–Trinajstić information content (AvgIpc) is 3.18. The zero-order valence-electron chi connectivity index (χ0n) is 11.4. The molecule has 2 heterocycles. The predicted octanol–water partition coefficient (Wildman–Crippen LogP) is 2.14. The van der Waals surface area contributed by atoms with Crippen LogP contribution in [-0.2, 0) is 13.1 Å². The van der Waals surface area contributed by atoms with E-state index in [0.717, 1.165) is 23.5 Å². The van der Waals surface area contributed by atoms with Gasteiger partial charge < -0.3 is 5.32 Å². The average molecular weight is 304 g/mol. The van der Waals surface area contributed by atoms with Gasteiger partial charge in [0.25, 0.3) is 0 Å². The summed E-state index contributed by atoms with van der Waals surface area (Å²) >= 11 is 6.21. The maximum atomic E-state index is 6.21. The molecule has 8 heteroatoms. The number of rotatable bonds is 5. The van der Waals surface area contributed by atoms with Gasteiger partial charge in [-0.05, 0) is 35.5 Å². The van der Waals surface area contributed by atoms with E-state index < -0.39 is 0 Å². The van der Waals surface area contributed by atoms with E-state index in [1.807, 2.05) is 35.3 Å². The zero-order valence-corrected chi connectivity index (χ0v) is 12.2. The van der Waals surface area contributed by atoms with Crippen molar-refractivity contribution in [2.24, 2.45) is 0 Å². The first-order chi connectivity index (χ1) is 10.3. The largest absolute Gasteiger partial charge is 0.380 e. The van der Waals surface area contributed by atoms with Gasteiger partial charge >= 0.3 is 0 Å². The summed E-state index contributed by atoms with van der Waals surface area (Å²) in [5.41, 5.74) is 2.77. The Balaban J connectivity index is 1.76. The maximum absolute atomic E-state index is 6.21. The molecule has 0 atom stereocenters. The van der Waals surface area contributed by atoms with Crippen molar-refractivity contribution < 1.29 is 0 Å². The summed E-state index contributed by atoms with van der Waals surface area (Å²) < 4.78 is 3.47. The van der Waals surface area contributed by atoms with Gasteiger partial charge in [-0.1, -0.05) is 11.6 Å². The molecule has 108 valence electrons. The molecule has 7 nitrogen and oxygen atoms in total. The van der Waals surface area contributed by atoms with Crippen molar-refractivity contribution in [2.75, 3.05) is 5.32 Å². The van der Waals surface area contributed by atoms with Gasteiger partial charge in [0.1, 0.15) is 6.33 Å². The fraction of sp³-hybridized carbons (Fsp3) is 0.231. The Morgan fingerprint density at radius 1 is 1.33 bits per heavy atom. The smallest absolute Gasteiger partial charge is 0.143 e. The molecule has 3 rings (SSSR count). The third-order valence-corrected chi connectivity index (χ3v) is 3.39. The van der Waals surface area contributed by atoms with Gasteiger partial charge in [-0.2, -0.15) is 5.10 Å². The van der Waals surface area contributed by atoms with Crippen LogP contribution in [0.15, 0.2) is 36.9 Å². The highest BCUT2D eigenvalue weighted by Crippen LogP contribution is 2.25. The fourth-order valence-corrected chi connectivity index (χ4v) is 2.12. The van der Waals surface area contributed by atoms with Crippen LogP contribution in [0.2, 0.25) is 5.02 Å². The lowest BCUT2D eigenvalue weighted by Crippen LogP contribution is -2.02. The van der Waals surface area contributed by atoms with E-state index in [1.54, 1.807) is 4.68 Å². The molecule has 2 aromatic heterocycles. The highest BCUT2D eigenvalue weighted by molar-refractivity contribution is 6.33. The molecule has 0 spiro atoms. The number of nitrogens with one attached hydrogen (secondary N) is 1. The third kappa shape index (κ3) is 3.03. The van der Waals surface area contributed by atoms with Crippen LogP contribution in [0.4, 0.5) is 5.69 Å². The summed E-state index contributed by atoms with van der Waals surface area (Å²) in [6.45, 7) is 3.56. The zero-order chi connectivity index (χ0) is 14.7. The van der Waals surface area contributed by atoms with E-state index in [4.69, 9.17) is 11.6 Å². The molecule has 0 amide bonds. The van der Waals surface area contributed by atoms with Gasteiger partial charge in [-0.3, -0.25) is 4.68 Å². The second-order valence-electron chi connectivity index (χ2n) is 4.48. The normalized spacial score (nSPS) is 10.8. The molecular weight excluding hydrogens is 290 g/mol. The minimum atomic E-state index is 0.648. The highest BCUT2D eigenvalue weighted by atomic mass is 35.5. The van der Waals surface area contributed by atoms with Gasteiger partial charge in [-0.15, -0.1) is 5.10 Å². The number of tetrazole rings is 1. The van der Waals surface area contributed by atoms with Crippen molar-refractivity contribution in [3.63, 3.8) is 0 Å². The Kier molecular flexibility index (Phi) is 3.83. The monoisotopic (exact) mass is 303 g/mol. The Bertz CT molecular complexity index is 720. The Morgan fingerprint density at radius 2 is 2.24 bits per heavy atom. The minimum absolute atomic E-state index is 0.648. The van der Waals surface area contributed by atoms with Crippen LogP contribution in [0.1, 0.15) is 12.5 Å². The van der Waals surface area contributed by atoms with E-state index >= 15 is 0 Å². The van der Waals surface area contributed by atoms with E-state index in [9.17, 15) is 0 Å². The van der Waals surface area contributed by atoms with Crippen molar-refractivity contribution in [2.45, 2.75) is 20.0 Å². The Morgan fingerprint density at radius 3 is 2.95 bits per heavy atom. The molecule has 0 unspecified atom stereocenters. The number of aryl methyl sites for hydroxylation is 1. The topological polar surface area (TPSA) is 73.5 Å². The molecule has 3 aromatic rings. The van der Waals surface area contributed by atoms with Gasteiger partial charge in [-0.25, -0.2) is 4.68 Å². The predicted molar refractivity (Wildman–Crippen MR) is 79.4 cm³/mol. The van der Waals surface area contributed by atoms with Crippen LogP contribution in [-0.4, -0.2) is 30.0 Å². The van der Waals surface area contributed by atoms with Crippen LogP contribution >= 0.6 is 11.6 Å². The first-order valence-corrected chi connectivity index (χ1v) is 6.92. The molecule has 0 aliphatic heterocycles. The molecule has 0 aliphatic rings. The fourth-order valence-electron chi connectivity index (χ4n) is 1.94. The Hall–Kier alpha value is -2.41. The number of nitrogens with zero attached hydrogens (tertiary/aromatic N) is 6. The first kappa shape index (κ1) is 13.6. The number of aromatic nitrogens is 6. The van der Waals surface area contributed by atoms with E-state index in [1.165, 1.54) is 6.33 Å². The molecule has 21 heavy (non-hydrogen) atoms. The van der Waals surface area contributed by atoms with Gasteiger partial charge in [0.05, 0.1) is 22.6 Å². The molecule has 0 aliphatic carbocycles. The molecule has 0 radical (unpaired) electrons. The van der Waals surface area contributed by atoms with Crippen LogP contribution < -0.4 is 5.32 Å². The van der Waals surface area contributed by atoms with Crippen LogP contribution in [0.25, 0.3) is 5.69 Å². The summed E-state index contributed by atoms with van der Waals surface area (Å²) in [6.07, 6.45) is 5.39. The molecular formula is C13H14ClN7. The van der Waals surface area contributed by atoms with Crippen molar-refractivity contribution in [3.8, 4) is 5.69 Å². The summed E-state index contributed by atoms with van der Waals surface area (Å²) in [5, 5.41) is 19.3. The van der Waals surface area contributed by atoms with E-state index in [-0.39, 0.29) is 0 Å². The molecule has 0 bridgehead atoms. The lowest BCUT2D eigenvalue weighted by Gasteiger charge is -2.09. The SMILES string of the molecule is CCn1cc(CNc2cc(-n3cnnn3)ccc2Cl)cn1.